The molecule has 7 nitrogen and oxygen atoms in total. The van der Waals surface area contributed by atoms with Crippen molar-refractivity contribution in [3.05, 3.63) is 60.8 Å². The number of nitrogens with zero attached hydrogens (tertiary/aromatic N) is 5. The van der Waals surface area contributed by atoms with Crippen molar-refractivity contribution in [2.24, 2.45) is 0 Å². The van der Waals surface area contributed by atoms with Crippen molar-refractivity contribution in [2.45, 2.75) is 29.8 Å². The molecule has 0 amide bonds. The zero-order valence-electron chi connectivity index (χ0n) is 14.2. The minimum atomic E-state index is -0.334. The number of hydrogen-bond donors (Lipinski definition) is 0. The molecule has 0 saturated heterocycles. The van der Waals surface area contributed by atoms with Gasteiger partial charge in [0.2, 0.25) is 0 Å². The lowest BCUT2D eigenvalue weighted by Gasteiger charge is -2.26. The molecular weight excluding hydrogens is 350 g/mol. The Morgan fingerprint density at radius 3 is 2.92 bits per heavy atom. The van der Waals surface area contributed by atoms with Crippen LogP contribution in [0.5, 0.6) is 11.5 Å². The van der Waals surface area contributed by atoms with E-state index in [0.29, 0.717) is 30.5 Å². The van der Waals surface area contributed by atoms with Gasteiger partial charge in [0.15, 0.2) is 28.6 Å². The maximum atomic E-state index is 6.07. The van der Waals surface area contributed by atoms with Crippen molar-refractivity contribution < 1.29 is 9.47 Å². The summed E-state index contributed by atoms with van der Waals surface area (Å²) in [6.45, 7) is 6.64. The molecule has 4 rings (SSSR count). The molecule has 8 heteroatoms. The van der Waals surface area contributed by atoms with Gasteiger partial charge in [0.05, 0.1) is 0 Å². The van der Waals surface area contributed by atoms with Crippen LogP contribution in [0.2, 0.25) is 0 Å². The van der Waals surface area contributed by atoms with Crippen molar-refractivity contribution in [2.75, 3.05) is 6.61 Å². The van der Waals surface area contributed by atoms with Gasteiger partial charge in [-0.25, -0.2) is 9.97 Å². The standard InChI is InChI=1S/C18H17N5O2S/c1-3-10-23-17(15-11-24-13-6-4-5-7-14(13)25-15)21-22-18(23)26-16-8-9-19-12(2)20-16/h3-9,15H,1,10-11H2,2H3/t15-/m1/s1. The molecule has 132 valence electrons. The van der Waals surface area contributed by atoms with Crippen LogP contribution in [0.3, 0.4) is 0 Å². The van der Waals surface area contributed by atoms with Gasteiger partial charge >= 0.3 is 0 Å². The second kappa shape index (κ2) is 7.17. The zero-order chi connectivity index (χ0) is 17.9. The van der Waals surface area contributed by atoms with Gasteiger partial charge in [0, 0.05) is 12.7 Å². The Labute approximate surface area is 155 Å². The number of ether oxygens (including phenoxy) is 2. The highest BCUT2D eigenvalue weighted by Crippen LogP contribution is 2.36. The van der Waals surface area contributed by atoms with Gasteiger partial charge in [-0.2, -0.15) is 0 Å². The Bertz CT molecular complexity index is 943. The van der Waals surface area contributed by atoms with Crippen LogP contribution in [-0.4, -0.2) is 31.3 Å². The van der Waals surface area contributed by atoms with Gasteiger partial charge in [-0.3, -0.25) is 4.57 Å². The van der Waals surface area contributed by atoms with E-state index in [2.05, 4.69) is 26.7 Å². The highest BCUT2D eigenvalue weighted by molar-refractivity contribution is 7.99. The Morgan fingerprint density at radius 2 is 2.12 bits per heavy atom. The van der Waals surface area contributed by atoms with Gasteiger partial charge in [-0.15, -0.1) is 16.8 Å². The monoisotopic (exact) mass is 367 g/mol. The fourth-order valence-corrected chi connectivity index (χ4v) is 3.50. The van der Waals surface area contributed by atoms with Gasteiger partial charge in [0.25, 0.3) is 0 Å². The fourth-order valence-electron chi connectivity index (χ4n) is 2.65. The van der Waals surface area contributed by atoms with Crippen LogP contribution >= 0.6 is 11.8 Å². The van der Waals surface area contributed by atoms with E-state index in [0.717, 1.165) is 15.9 Å². The lowest BCUT2D eigenvalue weighted by Crippen LogP contribution is -2.25. The highest BCUT2D eigenvalue weighted by Gasteiger charge is 2.28. The van der Waals surface area contributed by atoms with Crippen LogP contribution in [0.15, 0.2) is 59.4 Å². The molecular formula is C18H17N5O2S. The first-order valence-corrected chi connectivity index (χ1v) is 8.96. The van der Waals surface area contributed by atoms with Crippen molar-refractivity contribution in [1.82, 2.24) is 24.7 Å². The summed E-state index contributed by atoms with van der Waals surface area (Å²) in [5.74, 6) is 2.86. The largest absolute Gasteiger partial charge is 0.485 e. The van der Waals surface area contributed by atoms with Crippen LogP contribution in [0.1, 0.15) is 17.8 Å². The molecule has 0 bridgehead atoms. The van der Waals surface area contributed by atoms with E-state index in [-0.39, 0.29) is 6.10 Å². The lowest BCUT2D eigenvalue weighted by molar-refractivity contribution is 0.0821. The summed E-state index contributed by atoms with van der Waals surface area (Å²) < 4.78 is 13.8. The molecule has 0 aliphatic carbocycles. The summed E-state index contributed by atoms with van der Waals surface area (Å²) in [5.41, 5.74) is 0. The van der Waals surface area contributed by atoms with Crippen molar-refractivity contribution in [3.63, 3.8) is 0 Å². The summed E-state index contributed by atoms with van der Waals surface area (Å²) in [7, 11) is 0. The number of para-hydroxylation sites is 2. The number of rotatable bonds is 5. The topological polar surface area (TPSA) is 75.0 Å². The summed E-state index contributed by atoms with van der Waals surface area (Å²) in [4.78, 5) is 8.53. The number of aryl methyl sites for hydroxylation is 1. The minimum Gasteiger partial charge on any atom is -0.485 e. The molecule has 3 heterocycles. The van der Waals surface area contributed by atoms with E-state index in [9.17, 15) is 0 Å². The predicted molar refractivity (Wildman–Crippen MR) is 96.4 cm³/mol. The van der Waals surface area contributed by atoms with E-state index in [4.69, 9.17) is 9.47 Å². The molecule has 1 aliphatic heterocycles. The van der Waals surface area contributed by atoms with Crippen molar-refractivity contribution in [1.29, 1.82) is 0 Å². The van der Waals surface area contributed by atoms with Crippen LogP contribution in [0.4, 0.5) is 0 Å². The molecule has 0 N–H and O–H groups in total. The van der Waals surface area contributed by atoms with Gasteiger partial charge in [-0.05, 0) is 36.9 Å². The molecule has 0 spiro atoms. The summed E-state index contributed by atoms with van der Waals surface area (Å²) in [5, 5.41) is 10.2. The Kier molecular flexibility index (Phi) is 4.57. The molecule has 0 saturated carbocycles. The maximum Gasteiger partial charge on any atom is 0.197 e. The first-order valence-electron chi connectivity index (χ1n) is 8.14. The lowest BCUT2D eigenvalue weighted by atomic mass is 10.2. The second-order valence-corrected chi connectivity index (χ2v) is 6.64. The maximum absolute atomic E-state index is 6.07. The fraction of sp³-hybridized carbons (Fsp3) is 0.222. The highest BCUT2D eigenvalue weighted by atomic mass is 32.2. The van der Waals surface area contributed by atoms with Crippen LogP contribution in [-0.2, 0) is 6.54 Å². The molecule has 26 heavy (non-hydrogen) atoms. The third-order valence-electron chi connectivity index (χ3n) is 3.80. The van der Waals surface area contributed by atoms with Crippen molar-refractivity contribution in [3.8, 4) is 11.5 Å². The minimum absolute atomic E-state index is 0.334. The van der Waals surface area contributed by atoms with Crippen LogP contribution in [0.25, 0.3) is 0 Å². The quantitative estimate of drug-likeness (QED) is 0.506. The normalized spacial score (nSPS) is 15.7. The van der Waals surface area contributed by atoms with Gasteiger partial charge in [0.1, 0.15) is 17.5 Å². The molecule has 0 unspecified atom stereocenters. The number of hydrogen-bond acceptors (Lipinski definition) is 7. The molecule has 1 atom stereocenters. The number of aromatic nitrogens is 5. The number of allylic oxidation sites excluding steroid dienone is 1. The van der Waals surface area contributed by atoms with E-state index in [1.54, 1.807) is 12.3 Å². The summed E-state index contributed by atoms with van der Waals surface area (Å²) in [6.07, 6.45) is 3.20. The molecule has 1 aromatic carbocycles. The number of fused-ring (bicyclic) bond motifs is 1. The first-order chi connectivity index (χ1) is 12.7. The summed E-state index contributed by atoms with van der Waals surface area (Å²) in [6, 6.07) is 9.45. The van der Waals surface area contributed by atoms with E-state index in [1.165, 1.54) is 11.8 Å². The smallest absolute Gasteiger partial charge is 0.197 e. The molecule has 1 aliphatic rings. The second-order valence-electron chi connectivity index (χ2n) is 5.65. The third-order valence-corrected chi connectivity index (χ3v) is 4.72. The first kappa shape index (κ1) is 16.6. The average Bonchev–Trinajstić information content (AvgIpc) is 3.04. The SMILES string of the molecule is C=CCn1c(Sc2ccnc(C)n2)nnc1[C@H]1COc2ccccc2O1. The summed E-state index contributed by atoms with van der Waals surface area (Å²) >= 11 is 1.43. The Morgan fingerprint density at radius 1 is 1.27 bits per heavy atom. The van der Waals surface area contributed by atoms with Crippen LogP contribution < -0.4 is 9.47 Å². The van der Waals surface area contributed by atoms with E-state index < -0.39 is 0 Å². The molecule has 3 aromatic rings. The molecule has 2 aromatic heterocycles. The average molecular weight is 367 g/mol. The number of benzene rings is 1. The van der Waals surface area contributed by atoms with E-state index >= 15 is 0 Å². The molecule has 0 fully saturated rings. The van der Waals surface area contributed by atoms with Crippen LogP contribution in [0, 0.1) is 6.92 Å². The zero-order valence-corrected chi connectivity index (χ0v) is 15.0. The van der Waals surface area contributed by atoms with Gasteiger partial charge < -0.3 is 9.47 Å². The Hall–Kier alpha value is -2.87. The Balaban J connectivity index is 1.63. The van der Waals surface area contributed by atoms with E-state index in [1.807, 2.05) is 41.8 Å². The molecule has 0 radical (unpaired) electrons. The predicted octanol–water partition coefficient (Wildman–Crippen LogP) is 3.23. The third kappa shape index (κ3) is 3.28. The van der Waals surface area contributed by atoms with Gasteiger partial charge in [-0.1, -0.05) is 18.2 Å². The van der Waals surface area contributed by atoms with Crippen molar-refractivity contribution >= 4 is 11.8 Å².